The van der Waals surface area contributed by atoms with E-state index in [0.717, 1.165) is 12.1 Å². The zero-order chi connectivity index (χ0) is 22.0. The minimum atomic E-state index is -6.93. The summed E-state index contributed by atoms with van der Waals surface area (Å²) < 4.78 is 121. The molecule has 28 heavy (non-hydrogen) atoms. The summed E-state index contributed by atoms with van der Waals surface area (Å²) in [5.74, 6) is -20.1. The van der Waals surface area contributed by atoms with Crippen molar-refractivity contribution in [1.82, 2.24) is 0 Å². The number of aryl methyl sites for hydroxylation is 1. The van der Waals surface area contributed by atoms with Crippen LogP contribution in [-0.4, -0.2) is 36.5 Å². The first-order chi connectivity index (χ1) is 12.6. The van der Waals surface area contributed by atoms with E-state index in [9.17, 15) is 44.3 Å². The molecule has 1 aromatic rings. The number of benzene rings is 1. The Kier molecular flexibility index (Phi) is 6.85. The van der Waals surface area contributed by atoms with E-state index in [1.807, 2.05) is 0 Å². The molecule has 0 N–H and O–H groups in total. The summed E-state index contributed by atoms with van der Waals surface area (Å²) in [6.45, 7) is 4.84. The molecular weight excluding hydrogens is 407 g/mol. The summed E-state index contributed by atoms with van der Waals surface area (Å²) >= 11 is 0. The van der Waals surface area contributed by atoms with Crippen molar-refractivity contribution in [2.75, 3.05) is 6.61 Å². The normalized spacial score (nSPS) is 13.4. The van der Waals surface area contributed by atoms with Crippen molar-refractivity contribution in [2.24, 2.45) is 0 Å². The van der Waals surface area contributed by atoms with Crippen LogP contribution in [0.25, 0.3) is 6.08 Å². The van der Waals surface area contributed by atoms with Crippen molar-refractivity contribution in [2.45, 2.75) is 43.7 Å². The van der Waals surface area contributed by atoms with Gasteiger partial charge in [-0.05, 0) is 36.6 Å². The van der Waals surface area contributed by atoms with Crippen LogP contribution in [0, 0.1) is 0 Å². The van der Waals surface area contributed by atoms with E-state index >= 15 is 0 Å². The van der Waals surface area contributed by atoms with Gasteiger partial charge in [0, 0.05) is 6.42 Å². The van der Waals surface area contributed by atoms with Crippen LogP contribution >= 0.6 is 0 Å². The van der Waals surface area contributed by atoms with Crippen LogP contribution in [0.15, 0.2) is 24.8 Å². The molecule has 0 saturated heterocycles. The zero-order valence-electron chi connectivity index (χ0n) is 14.4. The first kappa shape index (κ1) is 23.8. The molecule has 0 aliphatic carbocycles. The minimum Gasteiger partial charge on any atom is -0.462 e. The summed E-state index contributed by atoms with van der Waals surface area (Å²) in [6.07, 6.45) is -8.70. The van der Waals surface area contributed by atoms with Crippen LogP contribution in [0.5, 0.6) is 0 Å². The Hall–Kier alpha value is -2.20. The molecule has 0 heterocycles. The predicted molar refractivity (Wildman–Crippen MR) is 81.7 cm³/mol. The maximum atomic E-state index is 13.6. The maximum absolute atomic E-state index is 13.6. The first-order valence-corrected chi connectivity index (χ1v) is 7.74. The summed E-state index contributed by atoms with van der Waals surface area (Å²) in [5.41, 5.74) is -0.118. The maximum Gasteiger partial charge on any atom is 0.460 e. The molecule has 0 amide bonds. The Morgan fingerprint density at radius 3 is 2.04 bits per heavy atom. The molecule has 2 nitrogen and oxygen atoms in total. The number of halogens is 9. The molecule has 0 bridgehead atoms. The van der Waals surface area contributed by atoms with Gasteiger partial charge in [-0.25, -0.2) is 4.79 Å². The Morgan fingerprint density at radius 1 is 1.00 bits per heavy atom. The number of rotatable bonds is 8. The highest BCUT2D eigenvalue weighted by atomic mass is 19.4. The number of esters is 1. The highest BCUT2D eigenvalue weighted by Gasteiger charge is 2.81. The molecule has 0 radical (unpaired) electrons. The lowest BCUT2D eigenvalue weighted by Gasteiger charge is -2.33. The standard InChI is InChI=1S/C17H15F9O2/c1-3-10-7-11(9-12(8-10)13(27)28-4-2)5-6-14(18,19)15(20,21)16(22,23)17(24,25)26/h3,7-9H,1,4-6H2,2H3. The Labute approximate surface area is 154 Å². The highest BCUT2D eigenvalue weighted by molar-refractivity contribution is 5.90. The third kappa shape index (κ3) is 4.61. The lowest BCUT2D eigenvalue weighted by atomic mass is 9.95. The predicted octanol–water partition coefficient (Wildman–Crippen LogP) is 5.91. The number of ether oxygens (including phenoxy) is 1. The third-order valence-corrected chi connectivity index (χ3v) is 3.70. The summed E-state index contributed by atoms with van der Waals surface area (Å²) in [4.78, 5) is 11.7. The molecule has 0 spiro atoms. The van der Waals surface area contributed by atoms with Gasteiger partial charge in [0.15, 0.2) is 0 Å². The quantitative estimate of drug-likeness (QED) is 0.385. The van der Waals surface area contributed by atoms with E-state index in [1.165, 1.54) is 19.1 Å². The van der Waals surface area contributed by atoms with Gasteiger partial charge in [0.1, 0.15) is 0 Å². The van der Waals surface area contributed by atoms with Crippen LogP contribution in [-0.2, 0) is 11.2 Å². The largest absolute Gasteiger partial charge is 0.462 e. The SMILES string of the molecule is C=Cc1cc(CCC(F)(F)C(F)(F)C(F)(F)C(F)(F)F)cc(C(=O)OCC)c1. The summed E-state index contributed by atoms with van der Waals surface area (Å²) in [5, 5.41) is 0. The van der Waals surface area contributed by atoms with Crippen molar-refractivity contribution in [1.29, 1.82) is 0 Å². The number of carbonyl (C=O) groups is 1. The Bertz CT molecular complexity index is 724. The molecule has 1 aromatic carbocycles. The first-order valence-electron chi connectivity index (χ1n) is 7.74. The van der Waals surface area contributed by atoms with Crippen LogP contribution in [0.1, 0.15) is 34.8 Å². The van der Waals surface area contributed by atoms with Crippen LogP contribution < -0.4 is 0 Å². The Morgan fingerprint density at radius 2 is 1.57 bits per heavy atom. The molecule has 0 saturated carbocycles. The van der Waals surface area contributed by atoms with Gasteiger partial charge in [-0.1, -0.05) is 18.7 Å². The number of carbonyl (C=O) groups excluding carboxylic acids is 1. The number of hydrogen-bond acceptors (Lipinski definition) is 2. The number of alkyl halides is 9. The van der Waals surface area contributed by atoms with E-state index in [2.05, 4.69) is 6.58 Å². The molecule has 0 atom stereocenters. The van der Waals surface area contributed by atoms with Crippen molar-refractivity contribution in [3.05, 3.63) is 41.5 Å². The van der Waals surface area contributed by atoms with Crippen LogP contribution in [0.4, 0.5) is 39.5 Å². The molecule has 158 valence electrons. The second kappa shape index (κ2) is 8.04. The lowest BCUT2D eigenvalue weighted by Crippen LogP contribution is -2.60. The molecule has 0 aliphatic rings. The van der Waals surface area contributed by atoms with Crippen LogP contribution in [0.3, 0.4) is 0 Å². The van der Waals surface area contributed by atoms with E-state index < -0.39 is 42.8 Å². The number of hydrogen-bond donors (Lipinski definition) is 0. The Balaban J connectivity index is 3.14. The summed E-state index contributed by atoms with van der Waals surface area (Å²) in [6, 6.07) is 3.38. The van der Waals surface area contributed by atoms with Gasteiger partial charge in [0.25, 0.3) is 0 Å². The fourth-order valence-corrected chi connectivity index (χ4v) is 2.18. The minimum absolute atomic E-state index is 0.0245. The van der Waals surface area contributed by atoms with Gasteiger partial charge in [-0.2, -0.15) is 39.5 Å². The molecule has 1 rings (SSSR count). The molecule has 0 unspecified atom stereocenters. The second-order valence-electron chi connectivity index (χ2n) is 5.74. The molecule has 11 heteroatoms. The summed E-state index contributed by atoms with van der Waals surface area (Å²) in [7, 11) is 0. The van der Waals surface area contributed by atoms with E-state index in [0.29, 0.717) is 0 Å². The van der Waals surface area contributed by atoms with Gasteiger partial charge in [0.2, 0.25) is 0 Å². The van der Waals surface area contributed by atoms with E-state index in [-0.39, 0.29) is 23.3 Å². The van der Waals surface area contributed by atoms with E-state index in [4.69, 9.17) is 4.74 Å². The lowest BCUT2D eigenvalue weighted by molar-refractivity contribution is -0.396. The zero-order valence-corrected chi connectivity index (χ0v) is 14.4. The topological polar surface area (TPSA) is 26.3 Å². The van der Waals surface area contributed by atoms with Crippen LogP contribution in [0.2, 0.25) is 0 Å². The van der Waals surface area contributed by atoms with Crippen molar-refractivity contribution in [3.63, 3.8) is 0 Å². The molecule has 0 aromatic heterocycles. The second-order valence-corrected chi connectivity index (χ2v) is 5.74. The molecule has 0 fully saturated rings. The third-order valence-electron chi connectivity index (χ3n) is 3.70. The smallest absolute Gasteiger partial charge is 0.460 e. The molecular formula is C17H15F9O2. The van der Waals surface area contributed by atoms with Gasteiger partial charge in [-0.3, -0.25) is 0 Å². The fraction of sp³-hybridized carbons (Fsp3) is 0.471. The average Bonchev–Trinajstić information content (AvgIpc) is 2.58. The van der Waals surface area contributed by atoms with Gasteiger partial charge >= 0.3 is 29.9 Å². The highest BCUT2D eigenvalue weighted by Crippen LogP contribution is 2.54. The van der Waals surface area contributed by atoms with Gasteiger partial charge < -0.3 is 4.74 Å². The van der Waals surface area contributed by atoms with Crippen molar-refractivity contribution < 1.29 is 49.0 Å². The fourth-order valence-electron chi connectivity index (χ4n) is 2.18. The van der Waals surface area contributed by atoms with Gasteiger partial charge in [0.05, 0.1) is 12.2 Å². The van der Waals surface area contributed by atoms with Crippen molar-refractivity contribution in [3.8, 4) is 0 Å². The van der Waals surface area contributed by atoms with Crippen molar-refractivity contribution >= 4 is 12.0 Å². The van der Waals surface area contributed by atoms with E-state index in [1.54, 1.807) is 0 Å². The van der Waals surface area contributed by atoms with Gasteiger partial charge in [-0.15, -0.1) is 0 Å². The average molecular weight is 422 g/mol. The molecule has 0 aliphatic heterocycles. The monoisotopic (exact) mass is 422 g/mol.